The van der Waals surface area contributed by atoms with E-state index in [4.69, 9.17) is 14.2 Å². The van der Waals surface area contributed by atoms with Crippen molar-refractivity contribution in [2.24, 2.45) is 10.4 Å². The van der Waals surface area contributed by atoms with Crippen LogP contribution in [0.5, 0.6) is 11.5 Å². The lowest BCUT2D eigenvalue weighted by molar-refractivity contribution is -0.141. The molecule has 1 N–H and O–H groups in total. The van der Waals surface area contributed by atoms with Crippen LogP contribution in [0.3, 0.4) is 0 Å². The molecular weight excluding hydrogens is 332 g/mol. The second-order valence-corrected chi connectivity index (χ2v) is 7.28. The number of rotatable bonds is 5. The molecule has 0 bridgehead atoms. The van der Waals surface area contributed by atoms with Crippen LogP contribution in [0, 0.1) is 5.41 Å². The minimum Gasteiger partial charge on any atom is -0.486 e. The third kappa shape index (κ3) is 4.77. The van der Waals surface area contributed by atoms with E-state index >= 15 is 0 Å². The van der Waals surface area contributed by atoms with Crippen molar-refractivity contribution in [2.75, 3.05) is 31.7 Å². The van der Waals surface area contributed by atoms with Gasteiger partial charge in [0.25, 0.3) is 0 Å². The van der Waals surface area contributed by atoms with Gasteiger partial charge in [0.15, 0.2) is 11.5 Å². The van der Waals surface area contributed by atoms with Gasteiger partial charge in [0.05, 0.1) is 6.61 Å². The van der Waals surface area contributed by atoms with Gasteiger partial charge in [0, 0.05) is 23.2 Å². The van der Waals surface area contributed by atoms with E-state index in [1.165, 1.54) is 0 Å². The maximum Gasteiger partial charge on any atom is 0.327 e. The summed E-state index contributed by atoms with van der Waals surface area (Å²) in [4.78, 5) is 16.0. The first-order valence-corrected chi connectivity index (χ1v) is 9.01. The molecule has 1 aromatic carbocycles. The lowest BCUT2D eigenvalue weighted by Crippen LogP contribution is -2.25. The van der Waals surface area contributed by atoms with Crippen LogP contribution >= 0.6 is 0 Å². The molecule has 1 aromatic rings. The highest BCUT2D eigenvalue weighted by molar-refractivity contribution is 5.98. The quantitative estimate of drug-likeness (QED) is 0.815. The van der Waals surface area contributed by atoms with Gasteiger partial charge in [-0.25, -0.2) is 0 Å². The van der Waals surface area contributed by atoms with Crippen molar-refractivity contribution in [1.82, 2.24) is 0 Å². The molecule has 0 saturated carbocycles. The first-order valence-electron chi connectivity index (χ1n) is 9.01. The minimum absolute atomic E-state index is 0.0626. The normalized spacial score (nSPS) is 19.7. The molecule has 1 aliphatic carbocycles. The number of benzene rings is 1. The fourth-order valence-electron chi connectivity index (χ4n) is 3.23. The first kappa shape index (κ1) is 18.3. The zero-order valence-electron chi connectivity index (χ0n) is 15.6. The van der Waals surface area contributed by atoms with E-state index in [-0.39, 0.29) is 17.9 Å². The van der Waals surface area contributed by atoms with E-state index < -0.39 is 0 Å². The van der Waals surface area contributed by atoms with Gasteiger partial charge < -0.3 is 19.5 Å². The Kier molecular flexibility index (Phi) is 5.49. The molecule has 26 heavy (non-hydrogen) atoms. The van der Waals surface area contributed by atoms with Gasteiger partial charge in [-0.2, -0.15) is 0 Å². The Bertz CT molecular complexity index is 737. The van der Waals surface area contributed by atoms with Crippen LogP contribution in [-0.2, 0) is 9.53 Å². The number of carbonyl (C=O) groups is 1. The number of ether oxygens (including phenoxy) is 3. The van der Waals surface area contributed by atoms with Crippen LogP contribution in [0.2, 0.25) is 0 Å². The maximum atomic E-state index is 11.6. The highest BCUT2D eigenvalue weighted by Crippen LogP contribution is 2.37. The molecule has 0 fully saturated rings. The Morgan fingerprint density at radius 2 is 2.00 bits per heavy atom. The summed E-state index contributed by atoms with van der Waals surface area (Å²) in [6.45, 7) is 7.78. The summed E-state index contributed by atoms with van der Waals surface area (Å²) in [5.41, 5.74) is 3.00. The van der Waals surface area contributed by atoms with E-state index in [2.05, 4.69) is 24.2 Å². The summed E-state index contributed by atoms with van der Waals surface area (Å²) in [5, 5.41) is 3.46. The summed E-state index contributed by atoms with van der Waals surface area (Å²) in [7, 11) is 0. The Hall–Kier alpha value is -2.50. The lowest BCUT2D eigenvalue weighted by Gasteiger charge is -2.31. The molecule has 2 aliphatic rings. The van der Waals surface area contributed by atoms with Crippen molar-refractivity contribution in [1.29, 1.82) is 0 Å². The highest BCUT2D eigenvalue weighted by atomic mass is 16.6. The van der Waals surface area contributed by atoms with Crippen LogP contribution in [0.15, 0.2) is 35.0 Å². The monoisotopic (exact) mass is 358 g/mol. The number of hydrogen-bond donors (Lipinski definition) is 1. The molecule has 1 heterocycles. The zero-order chi connectivity index (χ0) is 18.6. The van der Waals surface area contributed by atoms with Gasteiger partial charge in [-0.15, -0.1) is 0 Å². The lowest BCUT2D eigenvalue weighted by atomic mass is 9.78. The van der Waals surface area contributed by atoms with Crippen LogP contribution in [0.4, 0.5) is 5.69 Å². The van der Waals surface area contributed by atoms with E-state index in [0.717, 1.165) is 41.4 Å². The number of anilines is 1. The van der Waals surface area contributed by atoms with Gasteiger partial charge in [0.2, 0.25) is 0 Å². The molecule has 140 valence electrons. The predicted octanol–water partition coefficient (Wildman–Crippen LogP) is 3.58. The molecule has 3 rings (SSSR count). The van der Waals surface area contributed by atoms with Gasteiger partial charge in [0.1, 0.15) is 19.8 Å². The average Bonchev–Trinajstić information content (AvgIpc) is 2.59. The van der Waals surface area contributed by atoms with Gasteiger partial charge in [-0.1, -0.05) is 13.8 Å². The first-order chi connectivity index (χ1) is 12.4. The van der Waals surface area contributed by atoms with E-state index in [1.54, 1.807) is 6.92 Å². The third-order valence-electron chi connectivity index (χ3n) is 4.23. The molecule has 0 saturated heterocycles. The van der Waals surface area contributed by atoms with Crippen LogP contribution < -0.4 is 14.8 Å². The smallest absolute Gasteiger partial charge is 0.327 e. The summed E-state index contributed by atoms with van der Waals surface area (Å²) in [5.74, 6) is 1.24. The van der Waals surface area contributed by atoms with E-state index in [1.807, 2.05) is 24.3 Å². The Morgan fingerprint density at radius 1 is 1.23 bits per heavy atom. The fourth-order valence-corrected chi connectivity index (χ4v) is 3.23. The highest BCUT2D eigenvalue weighted by Gasteiger charge is 2.27. The number of aliphatic imine (C=N–C) groups is 1. The second kappa shape index (κ2) is 7.81. The molecule has 0 unspecified atom stereocenters. The Labute approximate surface area is 154 Å². The van der Waals surface area contributed by atoms with Crippen molar-refractivity contribution in [3.05, 3.63) is 30.0 Å². The van der Waals surface area contributed by atoms with Gasteiger partial charge in [-0.05, 0) is 43.4 Å². The number of fused-ring (bicyclic) bond motifs is 1. The van der Waals surface area contributed by atoms with Crippen LogP contribution in [0.1, 0.15) is 33.6 Å². The zero-order valence-corrected chi connectivity index (χ0v) is 15.6. The SMILES string of the molecule is CCOC(=O)CN=C1C=C(Nc2ccc3c(c2)OCCO3)CC(C)(C)C1. The number of nitrogens with one attached hydrogen (secondary N) is 1. The fraction of sp³-hybridized carbons (Fsp3) is 0.500. The largest absolute Gasteiger partial charge is 0.486 e. The molecular formula is C20H26N2O4. The van der Waals surface area contributed by atoms with Crippen LogP contribution in [-0.4, -0.2) is 38.0 Å². The number of hydrogen-bond acceptors (Lipinski definition) is 6. The molecule has 0 aromatic heterocycles. The van der Waals surface area contributed by atoms with Gasteiger partial charge >= 0.3 is 5.97 Å². The summed E-state index contributed by atoms with van der Waals surface area (Å²) < 4.78 is 16.2. The number of nitrogens with zero attached hydrogens (tertiary/aromatic N) is 1. The molecule has 0 atom stereocenters. The molecule has 0 spiro atoms. The average molecular weight is 358 g/mol. The van der Waals surface area contributed by atoms with Crippen molar-refractivity contribution < 1.29 is 19.0 Å². The predicted molar refractivity (Wildman–Crippen MR) is 101 cm³/mol. The number of esters is 1. The minimum atomic E-state index is -0.293. The summed E-state index contributed by atoms with van der Waals surface area (Å²) in [6, 6.07) is 5.85. The van der Waals surface area contributed by atoms with E-state index in [0.29, 0.717) is 19.8 Å². The van der Waals surface area contributed by atoms with Crippen molar-refractivity contribution in [2.45, 2.75) is 33.6 Å². The Morgan fingerprint density at radius 3 is 2.77 bits per heavy atom. The van der Waals surface area contributed by atoms with Crippen LogP contribution in [0.25, 0.3) is 0 Å². The summed E-state index contributed by atoms with van der Waals surface area (Å²) >= 11 is 0. The van der Waals surface area contributed by atoms with Gasteiger partial charge in [-0.3, -0.25) is 9.79 Å². The number of carbonyl (C=O) groups excluding carboxylic acids is 1. The standard InChI is InChI=1S/C20H26N2O4/c1-4-24-19(23)13-21-15-9-16(12-20(2,3)11-15)22-14-5-6-17-18(10-14)26-8-7-25-17/h5-6,9-10,22H,4,7-8,11-13H2,1-3H3. The topological polar surface area (TPSA) is 69.2 Å². The molecule has 0 amide bonds. The van der Waals surface area contributed by atoms with Crippen molar-refractivity contribution in [3.8, 4) is 11.5 Å². The van der Waals surface area contributed by atoms with E-state index in [9.17, 15) is 4.79 Å². The molecule has 1 aliphatic heterocycles. The van der Waals surface area contributed by atoms with Crippen molar-refractivity contribution in [3.63, 3.8) is 0 Å². The molecule has 0 radical (unpaired) electrons. The molecule has 6 heteroatoms. The maximum absolute atomic E-state index is 11.6. The number of allylic oxidation sites excluding steroid dienone is 2. The Balaban J connectivity index is 1.74. The van der Waals surface area contributed by atoms with Crippen molar-refractivity contribution >= 4 is 17.4 Å². The second-order valence-electron chi connectivity index (χ2n) is 7.28. The summed E-state index contributed by atoms with van der Waals surface area (Å²) in [6.07, 6.45) is 3.76. The molecule has 6 nitrogen and oxygen atoms in total. The third-order valence-corrected chi connectivity index (χ3v) is 4.23.